The third-order valence-electron chi connectivity index (χ3n) is 5.41. The summed E-state index contributed by atoms with van der Waals surface area (Å²) < 4.78 is 65.0. The SMILES string of the molecule is CC(C)n1cc(Cn2ccn(-c3nc(N4CCO[C@H](C)C4)cc(C(F)(F)F)c3F)c2=O)cn1. The first-order valence-corrected chi connectivity index (χ1v) is 10.5. The second-order valence-electron chi connectivity index (χ2n) is 8.29. The van der Waals surface area contributed by atoms with E-state index in [-0.39, 0.29) is 24.5 Å². The Bertz CT molecular complexity index is 1200. The largest absolute Gasteiger partial charge is 0.419 e. The average molecular weight is 468 g/mol. The van der Waals surface area contributed by atoms with Crippen molar-refractivity contribution < 1.29 is 22.3 Å². The predicted molar refractivity (Wildman–Crippen MR) is 112 cm³/mol. The zero-order valence-electron chi connectivity index (χ0n) is 18.4. The third-order valence-corrected chi connectivity index (χ3v) is 5.41. The number of alkyl halides is 3. The van der Waals surface area contributed by atoms with E-state index in [2.05, 4.69) is 10.1 Å². The van der Waals surface area contributed by atoms with E-state index in [0.717, 1.165) is 10.1 Å². The molecule has 1 fully saturated rings. The van der Waals surface area contributed by atoms with Gasteiger partial charge in [0.25, 0.3) is 0 Å². The van der Waals surface area contributed by atoms with Crippen LogP contribution in [0.4, 0.5) is 23.4 Å². The van der Waals surface area contributed by atoms with Crippen LogP contribution >= 0.6 is 0 Å². The summed E-state index contributed by atoms with van der Waals surface area (Å²) in [6.45, 7) is 6.72. The highest BCUT2D eigenvalue weighted by Gasteiger charge is 2.38. The van der Waals surface area contributed by atoms with E-state index in [4.69, 9.17) is 4.74 Å². The molecule has 4 rings (SSSR count). The average Bonchev–Trinajstić information content (AvgIpc) is 3.35. The molecule has 0 N–H and O–H groups in total. The molecule has 1 saturated heterocycles. The number of morpholine rings is 1. The summed E-state index contributed by atoms with van der Waals surface area (Å²) in [5, 5.41) is 4.21. The van der Waals surface area contributed by atoms with Gasteiger partial charge in [0, 0.05) is 43.3 Å². The lowest BCUT2D eigenvalue weighted by Crippen LogP contribution is -2.42. The van der Waals surface area contributed by atoms with Gasteiger partial charge < -0.3 is 9.64 Å². The second-order valence-corrected chi connectivity index (χ2v) is 8.29. The fourth-order valence-electron chi connectivity index (χ4n) is 3.69. The predicted octanol–water partition coefficient (Wildman–Crippen LogP) is 3.24. The van der Waals surface area contributed by atoms with Gasteiger partial charge in [-0.05, 0) is 26.8 Å². The molecule has 8 nitrogen and oxygen atoms in total. The second kappa shape index (κ2) is 8.65. The van der Waals surface area contributed by atoms with Crippen LogP contribution in [0, 0.1) is 5.82 Å². The van der Waals surface area contributed by atoms with Crippen molar-refractivity contribution >= 4 is 5.82 Å². The lowest BCUT2D eigenvalue weighted by atomic mass is 10.2. The van der Waals surface area contributed by atoms with Gasteiger partial charge in [-0.1, -0.05) is 0 Å². The summed E-state index contributed by atoms with van der Waals surface area (Å²) in [5.74, 6) is -2.35. The molecule has 178 valence electrons. The number of nitrogens with zero attached hydrogens (tertiary/aromatic N) is 6. The van der Waals surface area contributed by atoms with Crippen molar-refractivity contribution in [1.29, 1.82) is 0 Å². The van der Waals surface area contributed by atoms with Crippen molar-refractivity contribution in [2.45, 2.75) is 45.6 Å². The summed E-state index contributed by atoms with van der Waals surface area (Å²) in [5.41, 5.74) is -1.46. The molecule has 0 aliphatic carbocycles. The van der Waals surface area contributed by atoms with Crippen LogP contribution in [0.1, 0.15) is 37.9 Å². The zero-order valence-corrected chi connectivity index (χ0v) is 18.4. The topological polar surface area (TPSA) is 70.1 Å². The zero-order chi connectivity index (χ0) is 23.9. The smallest absolute Gasteiger partial charge is 0.375 e. The maximum absolute atomic E-state index is 15.0. The van der Waals surface area contributed by atoms with E-state index >= 15 is 0 Å². The first-order chi connectivity index (χ1) is 15.5. The lowest BCUT2D eigenvalue weighted by molar-refractivity contribution is -0.140. The highest BCUT2D eigenvalue weighted by atomic mass is 19.4. The number of hydrogen-bond donors (Lipinski definition) is 0. The van der Waals surface area contributed by atoms with E-state index < -0.39 is 29.1 Å². The van der Waals surface area contributed by atoms with Gasteiger partial charge in [0.05, 0.1) is 31.0 Å². The van der Waals surface area contributed by atoms with Crippen LogP contribution in [0.15, 0.2) is 35.6 Å². The monoisotopic (exact) mass is 468 g/mol. The standard InChI is InChI=1S/C21H24F4N6O2/c1-13(2)31-12-15(9-26-31)11-29-4-5-30(20(29)32)19-18(22)16(21(23,24)25)8-17(27-19)28-6-7-33-14(3)10-28/h4-5,8-9,12-14H,6-7,10-11H2,1-3H3/t14-/m1/s1. The molecule has 0 saturated carbocycles. The molecule has 33 heavy (non-hydrogen) atoms. The summed E-state index contributed by atoms with van der Waals surface area (Å²) in [7, 11) is 0. The van der Waals surface area contributed by atoms with Crippen molar-refractivity contribution in [2.75, 3.05) is 24.6 Å². The van der Waals surface area contributed by atoms with E-state index in [1.54, 1.807) is 28.9 Å². The Morgan fingerprint density at radius 3 is 2.67 bits per heavy atom. The normalized spacial score (nSPS) is 17.2. The molecule has 0 radical (unpaired) electrons. The van der Waals surface area contributed by atoms with Crippen LogP contribution < -0.4 is 10.6 Å². The number of halogens is 4. The summed E-state index contributed by atoms with van der Waals surface area (Å²) in [4.78, 5) is 18.6. The molecular formula is C21H24F4N6O2. The van der Waals surface area contributed by atoms with Crippen LogP contribution in [0.25, 0.3) is 5.82 Å². The van der Waals surface area contributed by atoms with Gasteiger partial charge in [0.1, 0.15) is 5.82 Å². The van der Waals surface area contributed by atoms with Gasteiger partial charge in [0.2, 0.25) is 0 Å². The molecule has 1 aliphatic rings. The number of imidazole rings is 1. The minimum atomic E-state index is -4.95. The Balaban J connectivity index is 1.75. The summed E-state index contributed by atoms with van der Waals surface area (Å²) in [6, 6.07) is 0.809. The van der Waals surface area contributed by atoms with Gasteiger partial charge in [0.15, 0.2) is 11.6 Å². The molecule has 12 heteroatoms. The quantitative estimate of drug-likeness (QED) is 0.538. The summed E-state index contributed by atoms with van der Waals surface area (Å²) >= 11 is 0. The van der Waals surface area contributed by atoms with Gasteiger partial charge in [-0.2, -0.15) is 18.3 Å². The van der Waals surface area contributed by atoms with Crippen molar-refractivity contribution in [2.24, 2.45) is 0 Å². The molecule has 1 atom stereocenters. The van der Waals surface area contributed by atoms with Gasteiger partial charge in [-0.25, -0.2) is 18.7 Å². The first kappa shape index (κ1) is 23.0. The molecular weight excluding hydrogens is 444 g/mol. The number of hydrogen-bond acceptors (Lipinski definition) is 5. The van der Waals surface area contributed by atoms with E-state index in [9.17, 15) is 22.4 Å². The van der Waals surface area contributed by atoms with Crippen molar-refractivity contribution in [3.05, 3.63) is 58.3 Å². The third kappa shape index (κ3) is 4.65. The maximum atomic E-state index is 15.0. The molecule has 4 heterocycles. The number of anilines is 1. The Hall–Kier alpha value is -3.15. The van der Waals surface area contributed by atoms with E-state index in [1.807, 2.05) is 13.8 Å². The van der Waals surface area contributed by atoms with Crippen LogP contribution in [0.5, 0.6) is 0 Å². The van der Waals surface area contributed by atoms with E-state index in [1.165, 1.54) is 17.0 Å². The lowest BCUT2D eigenvalue weighted by Gasteiger charge is -2.32. The highest BCUT2D eigenvalue weighted by Crippen LogP contribution is 2.35. The number of rotatable bonds is 5. The first-order valence-electron chi connectivity index (χ1n) is 10.5. The van der Waals surface area contributed by atoms with Gasteiger partial charge in [-0.15, -0.1) is 0 Å². The molecule has 0 aromatic carbocycles. The molecule has 0 spiro atoms. The molecule has 1 aliphatic heterocycles. The Labute approximate surface area is 187 Å². The molecule has 0 amide bonds. The fraction of sp³-hybridized carbons (Fsp3) is 0.476. The van der Waals surface area contributed by atoms with Gasteiger partial charge in [-0.3, -0.25) is 9.25 Å². The van der Waals surface area contributed by atoms with Gasteiger partial charge >= 0.3 is 11.9 Å². The van der Waals surface area contributed by atoms with Crippen LogP contribution in [-0.4, -0.2) is 49.7 Å². The van der Waals surface area contributed by atoms with Crippen LogP contribution in [-0.2, 0) is 17.5 Å². The van der Waals surface area contributed by atoms with E-state index in [0.29, 0.717) is 25.8 Å². The van der Waals surface area contributed by atoms with Crippen LogP contribution in [0.2, 0.25) is 0 Å². The highest BCUT2D eigenvalue weighted by molar-refractivity contribution is 5.49. The van der Waals surface area contributed by atoms with Crippen molar-refractivity contribution in [3.8, 4) is 5.82 Å². The minimum absolute atomic E-state index is 0.0632. The molecule has 0 unspecified atom stereocenters. The fourth-order valence-corrected chi connectivity index (χ4v) is 3.69. The summed E-state index contributed by atoms with van der Waals surface area (Å²) in [6.07, 6.45) is 0.796. The Morgan fingerprint density at radius 2 is 2.03 bits per heavy atom. The number of ether oxygens (including phenoxy) is 1. The molecule has 0 bridgehead atoms. The minimum Gasteiger partial charge on any atom is -0.375 e. The van der Waals surface area contributed by atoms with Crippen molar-refractivity contribution in [1.82, 2.24) is 23.9 Å². The van der Waals surface area contributed by atoms with Crippen LogP contribution in [0.3, 0.4) is 0 Å². The Kier molecular flexibility index (Phi) is 6.04. The van der Waals surface area contributed by atoms with Crippen molar-refractivity contribution in [3.63, 3.8) is 0 Å². The Morgan fingerprint density at radius 1 is 1.27 bits per heavy atom. The number of aromatic nitrogens is 5. The maximum Gasteiger partial charge on any atom is 0.419 e. The molecule has 3 aromatic heterocycles. The number of pyridine rings is 1. The molecule has 3 aromatic rings.